The van der Waals surface area contributed by atoms with Crippen molar-refractivity contribution in [3.63, 3.8) is 0 Å². The van der Waals surface area contributed by atoms with Crippen molar-refractivity contribution in [1.29, 1.82) is 0 Å². The molecule has 0 aromatic carbocycles. The Bertz CT molecular complexity index is 1060. The molecular formula is C25H35N5O2. The van der Waals surface area contributed by atoms with Gasteiger partial charge in [0, 0.05) is 47.6 Å². The minimum Gasteiger partial charge on any atom is -0.393 e. The number of pyridine rings is 1. The van der Waals surface area contributed by atoms with E-state index < -0.39 is 0 Å². The first-order valence-electron chi connectivity index (χ1n) is 11.6. The molecule has 4 rings (SSSR count). The molecule has 0 unspecified atom stereocenters. The van der Waals surface area contributed by atoms with Crippen LogP contribution in [0.1, 0.15) is 70.7 Å². The van der Waals surface area contributed by atoms with Gasteiger partial charge in [0.2, 0.25) is 5.95 Å². The van der Waals surface area contributed by atoms with Crippen molar-refractivity contribution in [2.24, 2.45) is 0 Å². The summed E-state index contributed by atoms with van der Waals surface area (Å²) in [6.45, 7) is 9.17. The first kappa shape index (κ1) is 22.7. The van der Waals surface area contributed by atoms with Crippen molar-refractivity contribution in [3.05, 3.63) is 42.0 Å². The van der Waals surface area contributed by atoms with Gasteiger partial charge in [-0.05, 0) is 56.4 Å². The van der Waals surface area contributed by atoms with Crippen LogP contribution in [0.4, 0.5) is 5.95 Å². The Morgan fingerprint density at radius 3 is 2.62 bits per heavy atom. The standard InChI is InChI=1S/C25H35N5O2/c1-16(15-32-5)28-24-27-14-22-20(18-10-11-26-23(12-18)25(2,3)4)13-21(30(22)29-24)17-6-8-19(31)9-7-17/h10-14,16-17,19,31H,6-9,15H2,1-5H3,(H,28,29)/t16-,17?,19?/m0/s1. The lowest BCUT2D eigenvalue weighted by molar-refractivity contribution is 0.121. The number of hydrogen-bond donors (Lipinski definition) is 2. The number of aliphatic hydroxyl groups excluding tert-OH is 1. The summed E-state index contributed by atoms with van der Waals surface area (Å²) < 4.78 is 7.28. The van der Waals surface area contributed by atoms with Gasteiger partial charge < -0.3 is 15.2 Å². The summed E-state index contributed by atoms with van der Waals surface area (Å²) in [6, 6.07) is 6.61. The molecule has 1 atom stereocenters. The first-order valence-corrected chi connectivity index (χ1v) is 11.6. The number of fused-ring (bicyclic) bond motifs is 1. The second kappa shape index (κ2) is 9.16. The maximum Gasteiger partial charge on any atom is 0.241 e. The van der Waals surface area contributed by atoms with Crippen LogP contribution >= 0.6 is 0 Å². The highest BCUT2D eigenvalue weighted by atomic mass is 16.5. The van der Waals surface area contributed by atoms with Crippen LogP contribution in [0.25, 0.3) is 16.6 Å². The predicted molar refractivity (Wildman–Crippen MR) is 127 cm³/mol. The van der Waals surface area contributed by atoms with Crippen LogP contribution in [0.5, 0.6) is 0 Å². The van der Waals surface area contributed by atoms with E-state index in [2.05, 4.69) is 54.3 Å². The molecule has 0 radical (unpaired) electrons. The van der Waals surface area contributed by atoms with E-state index in [1.54, 1.807) is 7.11 Å². The molecule has 0 aliphatic heterocycles. The fraction of sp³-hybridized carbons (Fsp3) is 0.560. The Balaban J connectivity index is 1.80. The van der Waals surface area contributed by atoms with Gasteiger partial charge in [-0.3, -0.25) is 4.98 Å². The van der Waals surface area contributed by atoms with Gasteiger partial charge in [-0.2, -0.15) is 0 Å². The van der Waals surface area contributed by atoms with Crippen molar-refractivity contribution < 1.29 is 9.84 Å². The molecule has 1 aliphatic rings. The number of ether oxygens (including phenoxy) is 1. The number of aromatic nitrogens is 4. The Labute approximate surface area is 190 Å². The van der Waals surface area contributed by atoms with E-state index in [0.717, 1.165) is 48.0 Å². The van der Waals surface area contributed by atoms with Gasteiger partial charge in [0.15, 0.2) is 0 Å². The summed E-state index contributed by atoms with van der Waals surface area (Å²) in [5.41, 5.74) is 5.45. The van der Waals surface area contributed by atoms with E-state index in [0.29, 0.717) is 18.5 Å². The summed E-state index contributed by atoms with van der Waals surface area (Å²) in [6.07, 6.45) is 7.19. The van der Waals surface area contributed by atoms with E-state index in [1.807, 2.05) is 23.8 Å². The van der Waals surface area contributed by atoms with Crippen LogP contribution < -0.4 is 5.32 Å². The molecule has 3 aromatic heterocycles. The number of nitrogens with one attached hydrogen (secondary N) is 1. The molecule has 2 N–H and O–H groups in total. The quantitative estimate of drug-likeness (QED) is 0.588. The predicted octanol–water partition coefficient (Wildman–Crippen LogP) is 4.55. The molecule has 32 heavy (non-hydrogen) atoms. The zero-order valence-electron chi connectivity index (χ0n) is 19.8. The van der Waals surface area contributed by atoms with Gasteiger partial charge in [0.1, 0.15) is 0 Å². The highest BCUT2D eigenvalue weighted by molar-refractivity contribution is 5.81. The third-order valence-electron chi connectivity index (χ3n) is 6.29. The molecular weight excluding hydrogens is 402 g/mol. The molecule has 0 amide bonds. The third-order valence-corrected chi connectivity index (χ3v) is 6.29. The minimum absolute atomic E-state index is 0.0288. The van der Waals surface area contributed by atoms with Crippen molar-refractivity contribution >= 4 is 11.5 Å². The molecule has 3 heterocycles. The number of methoxy groups -OCH3 is 1. The fourth-order valence-electron chi connectivity index (χ4n) is 4.49. The summed E-state index contributed by atoms with van der Waals surface area (Å²) in [7, 11) is 1.69. The molecule has 7 nitrogen and oxygen atoms in total. The summed E-state index contributed by atoms with van der Waals surface area (Å²) in [5.74, 6) is 0.953. The van der Waals surface area contributed by atoms with Crippen LogP contribution in [-0.4, -0.2) is 50.6 Å². The lowest BCUT2D eigenvalue weighted by Crippen LogP contribution is -2.23. The third kappa shape index (κ3) is 4.79. The molecule has 1 fully saturated rings. The Morgan fingerprint density at radius 1 is 1.19 bits per heavy atom. The van der Waals surface area contributed by atoms with Crippen LogP contribution in [0.15, 0.2) is 30.6 Å². The second-order valence-corrected chi connectivity index (χ2v) is 10.0. The molecule has 172 valence electrons. The minimum atomic E-state index is -0.187. The molecule has 0 bridgehead atoms. The fourth-order valence-corrected chi connectivity index (χ4v) is 4.49. The van der Waals surface area contributed by atoms with Crippen LogP contribution in [0.2, 0.25) is 0 Å². The number of aliphatic hydroxyl groups is 1. The van der Waals surface area contributed by atoms with Gasteiger partial charge in [0.25, 0.3) is 0 Å². The Kier molecular flexibility index (Phi) is 6.49. The van der Waals surface area contributed by atoms with Gasteiger partial charge in [-0.15, -0.1) is 5.10 Å². The van der Waals surface area contributed by atoms with Crippen molar-refractivity contribution in [2.45, 2.75) is 76.9 Å². The number of rotatable bonds is 6. The zero-order chi connectivity index (χ0) is 22.9. The molecule has 0 saturated heterocycles. The highest BCUT2D eigenvalue weighted by Crippen LogP contribution is 2.38. The van der Waals surface area contributed by atoms with Gasteiger partial charge in [-0.1, -0.05) is 20.8 Å². The SMILES string of the molecule is COC[C@H](C)Nc1ncc2c(-c3ccnc(C(C)(C)C)c3)cc(C3CCC(O)CC3)n2n1. The smallest absolute Gasteiger partial charge is 0.241 e. The maximum atomic E-state index is 10.0. The van der Waals surface area contributed by atoms with Crippen molar-refractivity contribution in [1.82, 2.24) is 19.6 Å². The normalized spacial score (nSPS) is 20.4. The molecule has 1 aliphatic carbocycles. The van der Waals surface area contributed by atoms with Gasteiger partial charge in [0.05, 0.1) is 24.4 Å². The topological polar surface area (TPSA) is 84.6 Å². The number of hydrogen-bond acceptors (Lipinski definition) is 6. The Morgan fingerprint density at radius 2 is 1.94 bits per heavy atom. The maximum absolute atomic E-state index is 10.0. The number of nitrogens with zero attached hydrogens (tertiary/aromatic N) is 4. The van der Waals surface area contributed by atoms with Crippen LogP contribution in [0.3, 0.4) is 0 Å². The van der Waals surface area contributed by atoms with Gasteiger partial charge in [-0.25, -0.2) is 9.50 Å². The highest BCUT2D eigenvalue weighted by Gasteiger charge is 2.26. The van der Waals surface area contributed by atoms with Crippen LogP contribution in [-0.2, 0) is 10.2 Å². The summed E-state index contributed by atoms with van der Waals surface area (Å²) >= 11 is 0. The van der Waals surface area contributed by atoms with Gasteiger partial charge >= 0.3 is 0 Å². The Hall–Kier alpha value is -2.51. The van der Waals surface area contributed by atoms with E-state index in [1.165, 1.54) is 5.69 Å². The monoisotopic (exact) mass is 437 g/mol. The largest absolute Gasteiger partial charge is 0.393 e. The average Bonchev–Trinajstić information content (AvgIpc) is 3.13. The van der Waals surface area contributed by atoms with E-state index in [4.69, 9.17) is 9.84 Å². The van der Waals surface area contributed by atoms with Crippen molar-refractivity contribution in [3.8, 4) is 11.1 Å². The summed E-state index contributed by atoms with van der Waals surface area (Å²) in [4.78, 5) is 9.20. The van der Waals surface area contributed by atoms with E-state index in [9.17, 15) is 5.11 Å². The lowest BCUT2D eigenvalue weighted by atomic mass is 9.85. The molecule has 1 saturated carbocycles. The molecule has 7 heteroatoms. The summed E-state index contributed by atoms with van der Waals surface area (Å²) in [5, 5.41) is 18.2. The second-order valence-electron chi connectivity index (χ2n) is 10.0. The number of anilines is 1. The average molecular weight is 438 g/mol. The van der Waals surface area contributed by atoms with Crippen molar-refractivity contribution in [2.75, 3.05) is 19.0 Å². The van der Waals surface area contributed by atoms with E-state index in [-0.39, 0.29) is 17.6 Å². The molecule has 3 aromatic rings. The first-order chi connectivity index (χ1) is 15.3. The lowest BCUT2D eigenvalue weighted by Gasteiger charge is -2.25. The zero-order valence-corrected chi connectivity index (χ0v) is 19.8. The van der Waals surface area contributed by atoms with Crippen LogP contribution in [0, 0.1) is 0 Å². The molecule has 0 spiro atoms. The van der Waals surface area contributed by atoms with E-state index >= 15 is 0 Å².